The quantitative estimate of drug-likeness (QED) is 0.826. The van der Waals surface area contributed by atoms with Crippen LogP contribution in [-0.2, 0) is 14.4 Å². The van der Waals surface area contributed by atoms with Gasteiger partial charge < -0.3 is 10.8 Å². The Kier molecular flexibility index (Phi) is 5.29. The van der Waals surface area contributed by atoms with Crippen LogP contribution in [0.2, 0.25) is 0 Å². The molecule has 3 N–H and O–H groups in total. The number of hydrogen-bond donors (Lipinski definition) is 2. The van der Waals surface area contributed by atoms with Crippen LogP contribution in [0.3, 0.4) is 0 Å². The predicted molar refractivity (Wildman–Crippen MR) is 69.9 cm³/mol. The molecule has 2 amide bonds. The van der Waals surface area contributed by atoms with Crippen molar-refractivity contribution in [1.29, 1.82) is 5.26 Å². The molecule has 0 bridgehead atoms. The summed E-state index contributed by atoms with van der Waals surface area (Å²) in [4.78, 5) is 33.6. The molecule has 0 aromatic heterocycles. The number of carboxylic acid groups (broad SMARTS) is 1. The molecular formula is C13H10F3N3O4. The minimum absolute atomic E-state index is 0.0752. The van der Waals surface area contributed by atoms with Crippen molar-refractivity contribution in [3.63, 3.8) is 0 Å². The fourth-order valence-corrected chi connectivity index (χ4v) is 1.75. The maximum atomic E-state index is 12.7. The Morgan fingerprint density at radius 3 is 2.13 bits per heavy atom. The topological polar surface area (TPSA) is 124 Å². The van der Waals surface area contributed by atoms with E-state index in [1.807, 2.05) is 0 Å². The van der Waals surface area contributed by atoms with Gasteiger partial charge in [-0.1, -0.05) is 0 Å². The minimum atomic E-state index is -5.36. The van der Waals surface area contributed by atoms with E-state index >= 15 is 0 Å². The highest BCUT2D eigenvalue weighted by molar-refractivity contribution is 6.03. The average molecular weight is 329 g/mol. The van der Waals surface area contributed by atoms with Crippen LogP contribution in [0.4, 0.5) is 18.9 Å². The lowest BCUT2D eigenvalue weighted by atomic mass is 10.1. The summed E-state index contributed by atoms with van der Waals surface area (Å²) in [5, 5.41) is 17.7. The summed E-state index contributed by atoms with van der Waals surface area (Å²) in [5.74, 6) is -5.48. The normalized spacial score (nSPS) is 12.1. The van der Waals surface area contributed by atoms with Gasteiger partial charge in [-0.25, -0.2) is 4.79 Å². The Labute approximate surface area is 127 Å². The zero-order chi connectivity index (χ0) is 17.8. The highest BCUT2D eigenvalue weighted by atomic mass is 19.4. The van der Waals surface area contributed by atoms with Gasteiger partial charge in [0.05, 0.1) is 18.1 Å². The summed E-state index contributed by atoms with van der Waals surface area (Å²) < 4.78 is 38.2. The van der Waals surface area contributed by atoms with Crippen LogP contribution < -0.4 is 10.6 Å². The number of nitrogens with zero attached hydrogens (tertiary/aromatic N) is 2. The molecule has 0 spiro atoms. The fraction of sp³-hybridized carbons (Fsp3) is 0.231. The molecule has 10 heteroatoms. The van der Waals surface area contributed by atoms with Crippen LogP contribution in [0.15, 0.2) is 24.3 Å². The van der Waals surface area contributed by atoms with E-state index in [2.05, 4.69) is 0 Å². The molecule has 1 aromatic rings. The zero-order valence-corrected chi connectivity index (χ0v) is 11.4. The zero-order valence-electron chi connectivity index (χ0n) is 11.4. The number of nitriles is 1. The molecule has 0 saturated heterocycles. The van der Waals surface area contributed by atoms with E-state index in [1.54, 1.807) is 6.07 Å². The number of halogens is 3. The van der Waals surface area contributed by atoms with Gasteiger partial charge in [0.2, 0.25) is 5.91 Å². The number of nitrogens with two attached hydrogens (primary N) is 1. The van der Waals surface area contributed by atoms with Gasteiger partial charge in [-0.2, -0.15) is 18.4 Å². The summed E-state index contributed by atoms with van der Waals surface area (Å²) in [6, 6.07) is 3.75. The molecule has 0 aliphatic heterocycles. The second-order valence-electron chi connectivity index (χ2n) is 4.36. The molecule has 23 heavy (non-hydrogen) atoms. The molecule has 0 radical (unpaired) electrons. The number of benzene rings is 1. The van der Waals surface area contributed by atoms with E-state index in [9.17, 15) is 27.6 Å². The van der Waals surface area contributed by atoms with Crippen LogP contribution >= 0.6 is 0 Å². The molecular weight excluding hydrogens is 319 g/mol. The van der Waals surface area contributed by atoms with Gasteiger partial charge in [0.25, 0.3) is 0 Å². The number of carbonyl (C=O) groups excluding carboxylic acids is 2. The average Bonchev–Trinajstić information content (AvgIpc) is 2.45. The van der Waals surface area contributed by atoms with Crippen molar-refractivity contribution in [3.05, 3.63) is 29.8 Å². The summed E-state index contributed by atoms with van der Waals surface area (Å²) in [5.41, 5.74) is 4.50. The minimum Gasteiger partial charge on any atom is -0.480 e. The standard InChI is InChI=1S/C13H10F3N3O4/c14-13(15,16)12(23)19(9(11(21)22)5-10(18)20)8-3-1-7(6-17)2-4-8/h1-4,9H,5H2,(H2,18,20)(H,21,22)/t9-/m0/s1. The van der Waals surface area contributed by atoms with E-state index in [0.717, 1.165) is 24.3 Å². The highest BCUT2D eigenvalue weighted by Gasteiger charge is 2.47. The first kappa shape index (κ1) is 18.0. The van der Waals surface area contributed by atoms with Gasteiger partial charge in [0.1, 0.15) is 6.04 Å². The highest BCUT2D eigenvalue weighted by Crippen LogP contribution is 2.27. The second kappa shape index (κ2) is 6.78. The Hall–Kier alpha value is -3.09. The number of aliphatic carboxylic acids is 1. The van der Waals surface area contributed by atoms with Gasteiger partial charge >= 0.3 is 18.1 Å². The van der Waals surface area contributed by atoms with Gasteiger partial charge in [-0.05, 0) is 24.3 Å². The lowest BCUT2D eigenvalue weighted by Crippen LogP contribution is -2.52. The van der Waals surface area contributed by atoms with E-state index < -0.39 is 42.1 Å². The number of primary amides is 1. The number of amides is 2. The number of rotatable bonds is 5. The summed E-state index contributed by atoms with van der Waals surface area (Å²) >= 11 is 0. The maximum Gasteiger partial charge on any atom is 0.471 e. The molecule has 1 rings (SSSR count). The number of hydrogen-bond acceptors (Lipinski definition) is 4. The summed E-state index contributed by atoms with van der Waals surface area (Å²) in [6.07, 6.45) is -6.36. The van der Waals surface area contributed by atoms with Gasteiger partial charge in [0.15, 0.2) is 0 Å². The van der Waals surface area contributed by atoms with Crippen molar-refractivity contribution < 1.29 is 32.7 Å². The summed E-state index contributed by atoms with van der Waals surface area (Å²) in [6.45, 7) is 0. The molecule has 1 atom stereocenters. The van der Waals surface area contributed by atoms with Gasteiger partial charge in [-0.15, -0.1) is 0 Å². The Morgan fingerprint density at radius 2 is 1.78 bits per heavy atom. The Morgan fingerprint density at radius 1 is 1.26 bits per heavy atom. The smallest absolute Gasteiger partial charge is 0.471 e. The summed E-state index contributed by atoms with van der Waals surface area (Å²) in [7, 11) is 0. The molecule has 7 nitrogen and oxygen atoms in total. The largest absolute Gasteiger partial charge is 0.480 e. The number of anilines is 1. The Bertz CT molecular complexity index is 665. The molecule has 0 heterocycles. The Balaban J connectivity index is 3.40. The number of carboxylic acids is 1. The van der Waals surface area contributed by atoms with E-state index in [-0.39, 0.29) is 10.5 Å². The van der Waals surface area contributed by atoms with Crippen LogP contribution in [0.5, 0.6) is 0 Å². The maximum absolute atomic E-state index is 12.7. The van der Waals surface area contributed by atoms with Crippen molar-refractivity contribution in [2.24, 2.45) is 5.73 Å². The lowest BCUT2D eigenvalue weighted by Gasteiger charge is -2.29. The first-order chi connectivity index (χ1) is 10.6. The SMILES string of the molecule is N#Cc1ccc(N(C(=O)C(F)(F)F)[C@@H](CC(N)=O)C(=O)O)cc1. The van der Waals surface area contributed by atoms with Crippen molar-refractivity contribution in [1.82, 2.24) is 0 Å². The van der Waals surface area contributed by atoms with Crippen molar-refractivity contribution >= 4 is 23.5 Å². The third kappa shape index (κ3) is 4.44. The van der Waals surface area contributed by atoms with Crippen LogP contribution in [0.25, 0.3) is 0 Å². The van der Waals surface area contributed by atoms with Crippen LogP contribution in [0.1, 0.15) is 12.0 Å². The molecule has 122 valence electrons. The molecule has 0 fully saturated rings. The molecule has 0 aliphatic carbocycles. The van der Waals surface area contributed by atoms with Crippen LogP contribution in [-0.4, -0.2) is 35.1 Å². The second-order valence-corrected chi connectivity index (χ2v) is 4.36. The third-order valence-electron chi connectivity index (χ3n) is 2.73. The first-order valence-corrected chi connectivity index (χ1v) is 5.99. The first-order valence-electron chi connectivity index (χ1n) is 5.99. The van der Waals surface area contributed by atoms with E-state index in [0.29, 0.717) is 0 Å². The number of alkyl halides is 3. The molecule has 1 aromatic carbocycles. The van der Waals surface area contributed by atoms with Crippen LogP contribution in [0, 0.1) is 11.3 Å². The van der Waals surface area contributed by atoms with E-state index in [4.69, 9.17) is 16.1 Å². The van der Waals surface area contributed by atoms with Crippen molar-refractivity contribution in [2.45, 2.75) is 18.6 Å². The number of carbonyl (C=O) groups is 3. The van der Waals surface area contributed by atoms with Gasteiger partial charge in [-0.3, -0.25) is 14.5 Å². The molecule has 0 saturated carbocycles. The molecule has 0 aliphatic rings. The lowest BCUT2D eigenvalue weighted by molar-refractivity contribution is -0.172. The molecule has 0 unspecified atom stereocenters. The van der Waals surface area contributed by atoms with E-state index in [1.165, 1.54) is 0 Å². The monoisotopic (exact) mass is 329 g/mol. The van der Waals surface area contributed by atoms with Crippen molar-refractivity contribution in [2.75, 3.05) is 4.90 Å². The van der Waals surface area contributed by atoms with Gasteiger partial charge in [0, 0.05) is 5.69 Å². The third-order valence-corrected chi connectivity index (χ3v) is 2.73. The van der Waals surface area contributed by atoms with Crippen molar-refractivity contribution in [3.8, 4) is 6.07 Å². The fourth-order valence-electron chi connectivity index (χ4n) is 1.75. The predicted octanol–water partition coefficient (Wildman–Crippen LogP) is 0.782.